The second-order valence-electron chi connectivity index (χ2n) is 3.30. The van der Waals surface area contributed by atoms with Crippen molar-refractivity contribution in [2.45, 2.75) is 32.5 Å². The van der Waals surface area contributed by atoms with Crippen molar-refractivity contribution >= 4 is 5.78 Å². The van der Waals surface area contributed by atoms with Crippen LogP contribution in [-0.2, 0) is 9.53 Å². The third-order valence-corrected chi connectivity index (χ3v) is 1.49. The first-order valence-electron chi connectivity index (χ1n) is 3.85. The first kappa shape index (κ1) is 11.6. The highest BCUT2D eigenvalue weighted by atomic mass is 16.5. The molecule has 0 saturated heterocycles. The Bertz CT molecular complexity index is 153. The van der Waals surface area contributed by atoms with E-state index in [0.29, 0.717) is 0 Å². The number of ketones is 1. The molecule has 72 valence electrons. The van der Waals surface area contributed by atoms with Crippen molar-refractivity contribution in [1.82, 2.24) is 0 Å². The molecule has 0 aromatic heterocycles. The molecule has 0 aromatic carbocycles. The monoisotopic (exact) mass is 176 g/mol. The summed E-state index contributed by atoms with van der Waals surface area (Å²) in [4.78, 5) is 10.8. The van der Waals surface area contributed by atoms with Gasteiger partial charge in [-0.2, -0.15) is 0 Å². The van der Waals surface area contributed by atoms with Gasteiger partial charge in [0.25, 0.3) is 0 Å². The molecule has 12 heavy (non-hydrogen) atoms. The average molecular weight is 176 g/mol. The summed E-state index contributed by atoms with van der Waals surface area (Å²) in [7, 11) is 0. The summed E-state index contributed by atoms with van der Waals surface area (Å²) in [6.45, 7) is 4.22. The summed E-state index contributed by atoms with van der Waals surface area (Å²) in [6.07, 6.45) is -0.669. The second kappa shape index (κ2) is 4.54. The number of ether oxygens (including phenoxy) is 1. The van der Waals surface area contributed by atoms with Crippen molar-refractivity contribution < 1.29 is 19.7 Å². The zero-order chi connectivity index (χ0) is 9.78. The lowest BCUT2D eigenvalue weighted by atomic mass is 10.1. The quantitative estimate of drug-likeness (QED) is 0.604. The van der Waals surface area contributed by atoms with Crippen molar-refractivity contribution in [2.24, 2.45) is 0 Å². The molecule has 0 spiro atoms. The molecular formula is C8H16O4. The topological polar surface area (TPSA) is 66.8 Å². The third kappa shape index (κ3) is 3.80. The molecule has 0 aliphatic heterocycles. The number of aliphatic hydroxyl groups is 2. The summed E-state index contributed by atoms with van der Waals surface area (Å²) >= 11 is 0. The summed E-state index contributed by atoms with van der Waals surface area (Å²) in [5.41, 5.74) is -0.732. The number of carbonyl (C=O) groups excluding carboxylic acids is 1. The number of carbonyl (C=O) groups is 1. The maximum atomic E-state index is 10.8. The van der Waals surface area contributed by atoms with Gasteiger partial charge >= 0.3 is 0 Å². The Morgan fingerprint density at radius 2 is 2.00 bits per heavy atom. The molecule has 4 heteroatoms. The van der Waals surface area contributed by atoms with E-state index in [4.69, 9.17) is 14.9 Å². The van der Waals surface area contributed by atoms with E-state index < -0.39 is 18.3 Å². The fourth-order valence-electron chi connectivity index (χ4n) is 0.710. The average Bonchev–Trinajstić information content (AvgIpc) is 2.02. The Labute approximate surface area is 72.2 Å². The Balaban J connectivity index is 3.99. The molecule has 4 nitrogen and oxygen atoms in total. The van der Waals surface area contributed by atoms with Gasteiger partial charge in [-0.05, 0) is 20.8 Å². The normalized spacial score (nSPS) is 14.4. The van der Waals surface area contributed by atoms with E-state index in [1.165, 1.54) is 0 Å². The maximum Gasteiger partial charge on any atom is 0.186 e. The van der Waals surface area contributed by atoms with Crippen LogP contribution in [0.25, 0.3) is 0 Å². The minimum absolute atomic E-state index is 0.157. The van der Waals surface area contributed by atoms with Gasteiger partial charge in [0.05, 0.1) is 12.2 Å². The van der Waals surface area contributed by atoms with E-state index >= 15 is 0 Å². The summed E-state index contributed by atoms with van der Waals surface area (Å²) < 4.78 is 5.18. The number of rotatable bonds is 5. The van der Waals surface area contributed by atoms with Gasteiger partial charge in [0, 0.05) is 0 Å². The summed E-state index contributed by atoms with van der Waals surface area (Å²) in [5.74, 6) is -0.378. The number of hydrogen-bond donors (Lipinski definition) is 2. The van der Waals surface area contributed by atoms with E-state index in [9.17, 15) is 4.79 Å². The predicted octanol–water partition coefficient (Wildman–Crippen LogP) is -0.276. The minimum Gasteiger partial charge on any atom is -0.393 e. The zero-order valence-electron chi connectivity index (χ0n) is 7.70. The standard InChI is InChI=1S/C8H16O4/c1-6(7(11)4-9)12-8(2,3)5-10/h6,9-10H,4-5H2,1-3H3/t6-/m0/s1. The number of hydrogen-bond acceptors (Lipinski definition) is 4. The van der Waals surface area contributed by atoms with Crippen LogP contribution in [0.5, 0.6) is 0 Å². The molecular weight excluding hydrogens is 160 g/mol. The van der Waals surface area contributed by atoms with Gasteiger partial charge < -0.3 is 14.9 Å². The molecule has 0 aliphatic rings. The van der Waals surface area contributed by atoms with E-state index in [1.54, 1.807) is 20.8 Å². The Morgan fingerprint density at radius 3 is 2.33 bits per heavy atom. The lowest BCUT2D eigenvalue weighted by Gasteiger charge is -2.25. The molecule has 0 aromatic rings. The van der Waals surface area contributed by atoms with Crippen molar-refractivity contribution in [3.05, 3.63) is 0 Å². The van der Waals surface area contributed by atoms with Crippen molar-refractivity contribution in [3.63, 3.8) is 0 Å². The van der Waals surface area contributed by atoms with Gasteiger partial charge in [-0.3, -0.25) is 4.79 Å². The van der Waals surface area contributed by atoms with Gasteiger partial charge in [0.15, 0.2) is 5.78 Å². The van der Waals surface area contributed by atoms with Gasteiger partial charge in [0.1, 0.15) is 12.7 Å². The van der Waals surface area contributed by atoms with Crippen LogP contribution < -0.4 is 0 Å². The molecule has 0 unspecified atom stereocenters. The SMILES string of the molecule is C[C@H](OC(C)(C)CO)C(=O)CO. The van der Waals surface area contributed by atoms with Crippen LogP contribution in [-0.4, -0.2) is 40.9 Å². The molecule has 0 radical (unpaired) electrons. The van der Waals surface area contributed by atoms with Crippen molar-refractivity contribution in [3.8, 4) is 0 Å². The van der Waals surface area contributed by atoms with E-state index in [1.807, 2.05) is 0 Å². The smallest absolute Gasteiger partial charge is 0.186 e. The van der Waals surface area contributed by atoms with Crippen LogP contribution in [0, 0.1) is 0 Å². The number of Topliss-reactive ketones (excluding diaryl/α,β-unsaturated/α-hetero) is 1. The van der Waals surface area contributed by atoms with Gasteiger partial charge in [0.2, 0.25) is 0 Å². The van der Waals surface area contributed by atoms with Crippen LogP contribution in [0.1, 0.15) is 20.8 Å². The first-order valence-corrected chi connectivity index (χ1v) is 3.85. The highest BCUT2D eigenvalue weighted by molar-refractivity contribution is 5.83. The molecule has 1 atom stereocenters. The molecule has 2 N–H and O–H groups in total. The van der Waals surface area contributed by atoms with Gasteiger partial charge in [-0.25, -0.2) is 0 Å². The van der Waals surface area contributed by atoms with Crippen molar-refractivity contribution in [2.75, 3.05) is 13.2 Å². The molecule has 0 saturated carbocycles. The number of aliphatic hydroxyl groups excluding tert-OH is 2. The Hall–Kier alpha value is -0.450. The van der Waals surface area contributed by atoms with Gasteiger partial charge in [-0.15, -0.1) is 0 Å². The molecule has 0 bridgehead atoms. The van der Waals surface area contributed by atoms with E-state index in [0.717, 1.165) is 0 Å². The van der Waals surface area contributed by atoms with E-state index in [-0.39, 0.29) is 12.4 Å². The Kier molecular flexibility index (Phi) is 4.37. The van der Waals surface area contributed by atoms with Crippen LogP contribution in [0.15, 0.2) is 0 Å². The van der Waals surface area contributed by atoms with Crippen LogP contribution in [0.2, 0.25) is 0 Å². The van der Waals surface area contributed by atoms with Crippen LogP contribution in [0.3, 0.4) is 0 Å². The molecule has 0 aliphatic carbocycles. The molecule has 0 rings (SSSR count). The summed E-state index contributed by atoms with van der Waals surface area (Å²) in [5, 5.41) is 17.3. The van der Waals surface area contributed by atoms with E-state index in [2.05, 4.69) is 0 Å². The Morgan fingerprint density at radius 1 is 1.50 bits per heavy atom. The molecule has 0 heterocycles. The fraction of sp³-hybridized carbons (Fsp3) is 0.875. The fourth-order valence-corrected chi connectivity index (χ4v) is 0.710. The second-order valence-corrected chi connectivity index (χ2v) is 3.30. The van der Waals surface area contributed by atoms with Crippen LogP contribution in [0.4, 0.5) is 0 Å². The largest absolute Gasteiger partial charge is 0.393 e. The molecule has 0 fully saturated rings. The van der Waals surface area contributed by atoms with Crippen molar-refractivity contribution in [1.29, 1.82) is 0 Å². The minimum atomic E-state index is -0.732. The van der Waals surface area contributed by atoms with Gasteiger partial charge in [-0.1, -0.05) is 0 Å². The lowest BCUT2D eigenvalue weighted by molar-refractivity contribution is -0.146. The predicted molar refractivity (Wildman–Crippen MR) is 43.8 cm³/mol. The maximum absolute atomic E-state index is 10.8. The first-order chi connectivity index (χ1) is 5.43. The zero-order valence-corrected chi connectivity index (χ0v) is 7.70. The highest BCUT2D eigenvalue weighted by Gasteiger charge is 2.23. The molecule has 0 amide bonds. The lowest BCUT2D eigenvalue weighted by Crippen LogP contribution is -2.37. The highest BCUT2D eigenvalue weighted by Crippen LogP contribution is 2.11. The van der Waals surface area contributed by atoms with Crippen LogP contribution >= 0.6 is 0 Å². The summed E-state index contributed by atoms with van der Waals surface area (Å²) in [6, 6.07) is 0. The third-order valence-electron chi connectivity index (χ3n) is 1.49.